The van der Waals surface area contributed by atoms with Crippen LogP contribution in [0, 0.1) is 12.8 Å². The zero-order valence-corrected chi connectivity index (χ0v) is 12.0. The SMILES string of the molecule is CC(=O)NC(C(=O)N(C)Cc1n[nH]c(C)n1)C(C)C. The van der Waals surface area contributed by atoms with Crippen LogP contribution in [-0.4, -0.2) is 45.0 Å². The van der Waals surface area contributed by atoms with E-state index in [4.69, 9.17) is 0 Å². The maximum Gasteiger partial charge on any atom is 0.245 e. The average Bonchev–Trinajstić information content (AvgIpc) is 2.70. The molecular weight excluding hydrogens is 246 g/mol. The first-order chi connectivity index (χ1) is 8.81. The van der Waals surface area contributed by atoms with E-state index < -0.39 is 6.04 Å². The number of carbonyl (C=O) groups excluding carboxylic acids is 2. The van der Waals surface area contributed by atoms with Crippen LogP contribution >= 0.6 is 0 Å². The van der Waals surface area contributed by atoms with Crippen molar-refractivity contribution in [2.75, 3.05) is 7.05 Å². The minimum atomic E-state index is -0.525. The molecule has 7 heteroatoms. The molecule has 0 saturated heterocycles. The highest BCUT2D eigenvalue weighted by molar-refractivity contribution is 5.86. The van der Waals surface area contributed by atoms with Crippen LogP contribution < -0.4 is 5.32 Å². The van der Waals surface area contributed by atoms with Gasteiger partial charge in [0.1, 0.15) is 11.9 Å². The van der Waals surface area contributed by atoms with Gasteiger partial charge >= 0.3 is 0 Å². The van der Waals surface area contributed by atoms with Crippen LogP contribution in [0.2, 0.25) is 0 Å². The molecule has 1 rings (SSSR count). The number of hydrogen-bond donors (Lipinski definition) is 2. The predicted octanol–water partition coefficient (Wildman–Crippen LogP) is 0.232. The monoisotopic (exact) mass is 267 g/mol. The van der Waals surface area contributed by atoms with Crippen LogP contribution in [0.1, 0.15) is 32.4 Å². The summed E-state index contributed by atoms with van der Waals surface area (Å²) in [6.07, 6.45) is 0. The van der Waals surface area contributed by atoms with Gasteiger partial charge in [0.15, 0.2) is 5.82 Å². The van der Waals surface area contributed by atoms with Gasteiger partial charge in [-0.25, -0.2) is 4.98 Å². The van der Waals surface area contributed by atoms with Gasteiger partial charge in [0.05, 0.1) is 6.54 Å². The summed E-state index contributed by atoms with van der Waals surface area (Å²) in [5.74, 6) is 0.923. The van der Waals surface area contributed by atoms with Gasteiger partial charge in [-0.2, -0.15) is 5.10 Å². The summed E-state index contributed by atoms with van der Waals surface area (Å²) in [6.45, 7) is 7.30. The highest BCUT2D eigenvalue weighted by Gasteiger charge is 2.26. The van der Waals surface area contributed by atoms with Crippen molar-refractivity contribution in [1.29, 1.82) is 0 Å². The molecule has 0 radical (unpaired) electrons. The molecule has 106 valence electrons. The summed E-state index contributed by atoms with van der Waals surface area (Å²) < 4.78 is 0. The molecule has 2 N–H and O–H groups in total. The third kappa shape index (κ3) is 4.35. The number of likely N-dealkylation sites (N-methyl/N-ethyl adjacent to an activating group) is 1. The molecule has 0 aliphatic heterocycles. The zero-order valence-electron chi connectivity index (χ0n) is 12.0. The lowest BCUT2D eigenvalue weighted by atomic mass is 10.0. The van der Waals surface area contributed by atoms with Gasteiger partial charge in [-0.1, -0.05) is 13.8 Å². The molecule has 1 aromatic heterocycles. The van der Waals surface area contributed by atoms with E-state index in [2.05, 4.69) is 20.5 Å². The van der Waals surface area contributed by atoms with Crippen LogP contribution in [-0.2, 0) is 16.1 Å². The quantitative estimate of drug-likeness (QED) is 0.799. The van der Waals surface area contributed by atoms with Gasteiger partial charge in [0, 0.05) is 14.0 Å². The summed E-state index contributed by atoms with van der Waals surface area (Å²) in [6, 6.07) is -0.525. The second kappa shape index (κ2) is 6.31. The molecule has 0 aromatic carbocycles. The molecule has 0 saturated carbocycles. The van der Waals surface area contributed by atoms with E-state index in [1.807, 2.05) is 13.8 Å². The molecule has 0 bridgehead atoms. The highest BCUT2D eigenvalue weighted by atomic mass is 16.2. The molecule has 0 spiro atoms. The van der Waals surface area contributed by atoms with E-state index in [0.717, 1.165) is 0 Å². The Hall–Kier alpha value is -1.92. The molecule has 2 amide bonds. The second-order valence-electron chi connectivity index (χ2n) is 4.95. The number of aromatic nitrogens is 3. The molecule has 0 aliphatic rings. The van der Waals surface area contributed by atoms with Crippen molar-refractivity contribution in [3.8, 4) is 0 Å². The molecule has 0 aliphatic carbocycles. The fourth-order valence-electron chi connectivity index (χ4n) is 1.72. The molecule has 19 heavy (non-hydrogen) atoms. The van der Waals surface area contributed by atoms with E-state index in [0.29, 0.717) is 18.2 Å². The summed E-state index contributed by atoms with van der Waals surface area (Å²) in [5, 5.41) is 9.39. The van der Waals surface area contributed by atoms with E-state index >= 15 is 0 Å². The third-order valence-corrected chi connectivity index (χ3v) is 2.69. The fourth-order valence-corrected chi connectivity index (χ4v) is 1.72. The Kier molecular flexibility index (Phi) is 5.02. The minimum absolute atomic E-state index is 0.0210. The Balaban J connectivity index is 2.70. The Labute approximate surface area is 112 Å². The zero-order chi connectivity index (χ0) is 14.6. The molecule has 0 fully saturated rings. The standard InChI is InChI=1S/C12H21N5O2/c1-7(2)11(14-9(4)18)12(19)17(5)6-10-13-8(3)15-16-10/h7,11H,6H2,1-5H3,(H,14,18)(H,13,15,16). The lowest BCUT2D eigenvalue weighted by molar-refractivity contribution is -0.136. The van der Waals surface area contributed by atoms with Crippen molar-refractivity contribution >= 4 is 11.8 Å². The lowest BCUT2D eigenvalue weighted by Gasteiger charge is -2.25. The summed E-state index contributed by atoms with van der Waals surface area (Å²) in [5.41, 5.74) is 0. The number of aromatic amines is 1. The second-order valence-corrected chi connectivity index (χ2v) is 4.95. The van der Waals surface area contributed by atoms with Crippen molar-refractivity contribution in [3.05, 3.63) is 11.6 Å². The molecule has 1 atom stereocenters. The molecule has 1 heterocycles. The van der Waals surface area contributed by atoms with Crippen molar-refractivity contribution in [2.45, 2.75) is 40.3 Å². The predicted molar refractivity (Wildman–Crippen MR) is 70.0 cm³/mol. The van der Waals surface area contributed by atoms with Gasteiger partial charge in [0.2, 0.25) is 11.8 Å². The first-order valence-electron chi connectivity index (χ1n) is 6.21. The summed E-state index contributed by atoms with van der Waals surface area (Å²) >= 11 is 0. The number of nitrogens with zero attached hydrogens (tertiary/aromatic N) is 3. The normalized spacial score (nSPS) is 12.3. The first kappa shape index (κ1) is 15.1. The number of carbonyl (C=O) groups is 2. The third-order valence-electron chi connectivity index (χ3n) is 2.69. The number of H-pyrrole nitrogens is 1. The Bertz CT molecular complexity index is 455. The number of amides is 2. The van der Waals surface area contributed by atoms with Crippen LogP contribution in [0.25, 0.3) is 0 Å². The van der Waals surface area contributed by atoms with E-state index in [1.54, 1.807) is 14.0 Å². The van der Waals surface area contributed by atoms with Crippen LogP contribution in [0.15, 0.2) is 0 Å². The highest BCUT2D eigenvalue weighted by Crippen LogP contribution is 2.07. The minimum Gasteiger partial charge on any atom is -0.344 e. The van der Waals surface area contributed by atoms with Crippen molar-refractivity contribution in [3.63, 3.8) is 0 Å². The van der Waals surface area contributed by atoms with Crippen LogP contribution in [0.4, 0.5) is 0 Å². The van der Waals surface area contributed by atoms with Crippen LogP contribution in [0.3, 0.4) is 0 Å². The van der Waals surface area contributed by atoms with Gasteiger partial charge in [0.25, 0.3) is 0 Å². The largest absolute Gasteiger partial charge is 0.344 e. The maximum absolute atomic E-state index is 12.3. The van der Waals surface area contributed by atoms with Gasteiger partial charge in [-0.05, 0) is 12.8 Å². The molecule has 1 aromatic rings. The number of hydrogen-bond acceptors (Lipinski definition) is 4. The topological polar surface area (TPSA) is 91.0 Å². The molecular formula is C12H21N5O2. The first-order valence-corrected chi connectivity index (χ1v) is 6.21. The average molecular weight is 267 g/mol. The summed E-state index contributed by atoms with van der Waals surface area (Å²) in [7, 11) is 1.67. The fraction of sp³-hybridized carbons (Fsp3) is 0.667. The van der Waals surface area contributed by atoms with E-state index in [1.165, 1.54) is 11.8 Å². The Morgan fingerprint density at radius 3 is 2.47 bits per heavy atom. The Morgan fingerprint density at radius 1 is 1.42 bits per heavy atom. The van der Waals surface area contributed by atoms with Crippen molar-refractivity contribution in [1.82, 2.24) is 25.4 Å². The smallest absolute Gasteiger partial charge is 0.245 e. The number of aryl methyl sites for hydroxylation is 1. The van der Waals surface area contributed by atoms with E-state index in [9.17, 15) is 9.59 Å². The van der Waals surface area contributed by atoms with Crippen molar-refractivity contribution < 1.29 is 9.59 Å². The molecule has 1 unspecified atom stereocenters. The number of rotatable bonds is 5. The summed E-state index contributed by atoms with van der Waals surface area (Å²) in [4.78, 5) is 29.1. The van der Waals surface area contributed by atoms with E-state index in [-0.39, 0.29) is 17.7 Å². The van der Waals surface area contributed by atoms with Crippen molar-refractivity contribution in [2.24, 2.45) is 5.92 Å². The number of nitrogens with one attached hydrogen (secondary N) is 2. The van der Waals surface area contributed by atoms with Gasteiger partial charge in [-0.3, -0.25) is 14.7 Å². The maximum atomic E-state index is 12.3. The lowest BCUT2D eigenvalue weighted by Crippen LogP contribution is -2.49. The molecule has 7 nitrogen and oxygen atoms in total. The van der Waals surface area contributed by atoms with Crippen LogP contribution in [0.5, 0.6) is 0 Å². The Morgan fingerprint density at radius 2 is 2.05 bits per heavy atom. The van der Waals surface area contributed by atoms with Gasteiger partial charge < -0.3 is 10.2 Å². The van der Waals surface area contributed by atoms with Gasteiger partial charge in [-0.15, -0.1) is 0 Å².